The lowest BCUT2D eigenvalue weighted by molar-refractivity contribution is -0.384. The Morgan fingerprint density at radius 1 is 1.27 bits per heavy atom. The van der Waals surface area contributed by atoms with Crippen molar-refractivity contribution in [3.8, 4) is 0 Å². The number of hydrogen-bond acceptors (Lipinski definition) is 5. The second kappa shape index (κ2) is 7.78. The van der Waals surface area contributed by atoms with Crippen LogP contribution in [0.15, 0.2) is 48.8 Å². The minimum absolute atomic E-state index is 0.0844. The van der Waals surface area contributed by atoms with Gasteiger partial charge < -0.3 is 9.47 Å². The van der Waals surface area contributed by atoms with E-state index in [1.807, 2.05) is 0 Å². The smallest absolute Gasteiger partial charge is 0.338 e. The highest BCUT2D eigenvalue weighted by atomic mass is 16.6. The third-order valence-electron chi connectivity index (χ3n) is 2.94. The van der Waals surface area contributed by atoms with E-state index in [-0.39, 0.29) is 11.3 Å². The number of nitro groups is 1. The standard InChI is InChI=1S/C16H17NO5/c1-5-7-13(15(6-2)21-3)12-9-8-11(17(19)20)10-14(12)16(18)22-4/h5-10H,1H2,2-4H3/b13-7-,15-6+. The molecule has 0 aromatic heterocycles. The molecular weight excluding hydrogens is 286 g/mol. The molecule has 0 N–H and O–H groups in total. The molecule has 0 spiro atoms. The van der Waals surface area contributed by atoms with Crippen molar-refractivity contribution in [1.29, 1.82) is 0 Å². The maximum atomic E-state index is 12.0. The number of carbonyl (C=O) groups is 1. The lowest BCUT2D eigenvalue weighted by Crippen LogP contribution is -2.07. The predicted molar refractivity (Wildman–Crippen MR) is 83.4 cm³/mol. The van der Waals surface area contributed by atoms with Crippen LogP contribution in [0.4, 0.5) is 5.69 Å². The maximum absolute atomic E-state index is 12.0. The van der Waals surface area contributed by atoms with E-state index < -0.39 is 10.9 Å². The van der Waals surface area contributed by atoms with Gasteiger partial charge in [0.05, 0.1) is 24.7 Å². The number of nitrogens with zero attached hydrogens (tertiary/aromatic N) is 1. The van der Waals surface area contributed by atoms with E-state index in [1.54, 1.807) is 25.2 Å². The van der Waals surface area contributed by atoms with Gasteiger partial charge in [0.15, 0.2) is 0 Å². The second-order valence-corrected chi connectivity index (χ2v) is 4.15. The van der Waals surface area contributed by atoms with E-state index >= 15 is 0 Å². The molecule has 0 aliphatic rings. The lowest BCUT2D eigenvalue weighted by Gasteiger charge is -2.14. The predicted octanol–water partition coefficient (Wildman–Crippen LogP) is 3.50. The highest BCUT2D eigenvalue weighted by Crippen LogP contribution is 2.30. The van der Waals surface area contributed by atoms with Gasteiger partial charge in [0.25, 0.3) is 5.69 Å². The first-order valence-electron chi connectivity index (χ1n) is 6.40. The van der Waals surface area contributed by atoms with E-state index in [0.29, 0.717) is 16.9 Å². The Labute approximate surface area is 128 Å². The monoisotopic (exact) mass is 303 g/mol. The number of allylic oxidation sites excluding steroid dienone is 4. The van der Waals surface area contributed by atoms with Crippen molar-refractivity contribution in [2.45, 2.75) is 6.92 Å². The third-order valence-corrected chi connectivity index (χ3v) is 2.94. The Hall–Kier alpha value is -2.89. The van der Waals surface area contributed by atoms with E-state index in [4.69, 9.17) is 9.47 Å². The number of non-ortho nitro benzene ring substituents is 1. The van der Waals surface area contributed by atoms with Crippen molar-refractivity contribution in [3.05, 3.63) is 70.0 Å². The summed E-state index contributed by atoms with van der Waals surface area (Å²) in [6, 6.07) is 3.99. The van der Waals surface area contributed by atoms with Crippen molar-refractivity contribution in [1.82, 2.24) is 0 Å². The van der Waals surface area contributed by atoms with Crippen LogP contribution in [-0.4, -0.2) is 25.1 Å². The van der Waals surface area contributed by atoms with Crippen LogP contribution < -0.4 is 0 Å². The summed E-state index contributed by atoms with van der Waals surface area (Å²) < 4.78 is 9.99. The van der Waals surface area contributed by atoms with Gasteiger partial charge in [-0.25, -0.2) is 4.79 Å². The molecule has 0 atom stereocenters. The van der Waals surface area contributed by atoms with Gasteiger partial charge in [-0.2, -0.15) is 0 Å². The van der Waals surface area contributed by atoms with Crippen molar-refractivity contribution < 1.29 is 19.2 Å². The summed E-state index contributed by atoms with van der Waals surface area (Å²) >= 11 is 0. The topological polar surface area (TPSA) is 78.7 Å². The number of esters is 1. The van der Waals surface area contributed by atoms with Crippen LogP contribution in [0.3, 0.4) is 0 Å². The average Bonchev–Trinajstić information content (AvgIpc) is 2.53. The van der Waals surface area contributed by atoms with Crippen LogP contribution in [0.25, 0.3) is 5.57 Å². The Morgan fingerprint density at radius 2 is 1.95 bits per heavy atom. The zero-order valence-corrected chi connectivity index (χ0v) is 12.7. The molecule has 0 saturated heterocycles. The van der Waals surface area contributed by atoms with Crippen LogP contribution in [-0.2, 0) is 9.47 Å². The third kappa shape index (κ3) is 3.60. The van der Waals surface area contributed by atoms with Crippen LogP contribution >= 0.6 is 0 Å². The summed E-state index contributed by atoms with van der Waals surface area (Å²) in [4.78, 5) is 22.3. The van der Waals surface area contributed by atoms with Crippen molar-refractivity contribution in [3.63, 3.8) is 0 Å². The fourth-order valence-corrected chi connectivity index (χ4v) is 1.97. The maximum Gasteiger partial charge on any atom is 0.338 e. The molecule has 0 saturated carbocycles. The minimum Gasteiger partial charge on any atom is -0.496 e. The average molecular weight is 303 g/mol. The first kappa shape index (κ1) is 17.2. The largest absolute Gasteiger partial charge is 0.496 e. The first-order chi connectivity index (χ1) is 10.5. The minimum atomic E-state index is -0.666. The van der Waals surface area contributed by atoms with Gasteiger partial charge in [-0.1, -0.05) is 18.7 Å². The fraction of sp³-hybridized carbons (Fsp3) is 0.188. The lowest BCUT2D eigenvalue weighted by atomic mass is 9.96. The molecule has 0 heterocycles. The molecule has 0 bridgehead atoms. The molecular formula is C16H17NO5. The molecule has 0 unspecified atom stereocenters. The van der Waals surface area contributed by atoms with E-state index in [1.165, 1.54) is 32.4 Å². The number of carbonyl (C=O) groups excluding carboxylic acids is 1. The molecule has 1 aromatic rings. The number of benzene rings is 1. The first-order valence-corrected chi connectivity index (χ1v) is 6.40. The van der Waals surface area contributed by atoms with E-state index in [9.17, 15) is 14.9 Å². The Kier molecular flexibility index (Phi) is 6.07. The van der Waals surface area contributed by atoms with Crippen LogP contribution in [0.2, 0.25) is 0 Å². The quantitative estimate of drug-likeness (QED) is 0.264. The second-order valence-electron chi connectivity index (χ2n) is 4.15. The van der Waals surface area contributed by atoms with Gasteiger partial charge in [-0.05, 0) is 19.1 Å². The van der Waals surface area contributed by atoms with Crippen molar-refractivity contribution in [2.24, 2.45) is 0 Å². The molecule has 0 fully saturated rings. The summed E-state index contributed by atoms with van der Waals surface area (Å²) in [5.74, 6) is -0.154. The van der Waals surface area contributed by atoms with Crippen LogP contribution in [0, 0.1) is 10.1 Å². The van der Waals surface area contributed by atoms with Crippen molar-refractivity contribution >= 4 is 17.2 Å². The number of nitro benzene ring substituents is 1. The van der Waals surface area contributed by atoms with Crippen LogP contribution in [0.5, 0.6) is 0 Å². The van der Waals surface area contributed by atoms with Gasteiger partial charge in [0.1, 0.15) is 5.76 Å². The number of methoxy groups -OCH3 is 2. The SMILES string of the molecule is C=C/C=C(\C(=C/C)OC)c1ccc([N+](=O)[O-])cc1C(=O)OC. The summed E-state index contributed by atoms with van der Waals surface area (Å²) in [6.45, 7) is 5.41. The van der Waals surface area contributed by atoms with Gasteiger partial charge >= 0.3 is 5.97 Å². The van der Waals surface area contributed by atoms with Gasteiger partial charge in [0.2, 0.25) is 0 Å². The molecule has 0 amide bonds. The highest BCUT2D eigenvalue weighted by Gasteiger charge is 2.21. The molecule has 6 nitrogen and oxygen atoms in total. The molecule has 1 rings (SSSR count). The molecule has 0 radical (unpaired) electrons. The highest BCUT2D eigenvalue weighted by molar-refractivity contribution is 5.98. The van der Waals surface area contributed by atoms with Crippen molar-refractivity contribution in [2.75, 3.05) is 14.2 Å². The Bertz CT molecular complexity index is 659. The van der Waals surface area contributed by atoms with Crippen LogP contribution in [0.1, 0.15) is 22.8 Å². The number of ether oxygens (including phenoxy) is 2. The van der Waals surface area contributed by atoms with Gasteiger partial charge in [-0.3, -0.25) is 10.1 Å². The molecule has 0 aliphatic carbocycles. The van der Waals surface area contributed by atoms with Gasteiger partial charge in [-0.15, -0.1) is 0 Å². The molecule has 6 heteroatoms. The fourth-order valence-electron chi connectivity index (χ4n) is 1.97. The molecule has 1 aromatic carbocycles. The summed E-state index contributed by atoms with van der Waals surface area (Å²) in [5.41, 5.74) is 0.936. The van der Waals surface area contributed by atoms with Gasteiger partial charge in [0, 0.05) is 23.3 Å². The van der Waals surface area contributed by atoms with E-state index in [0.717, 1.165) is 0 Å². The zero-order valence-electron chi connectivity index (χ0n) is 12.7. The molecule has 116 valence electrons. The summed E-state index contributed by atoms with van der Waals surface area (Å²) in [7, 11) is 2.71. The number of hydrogen-bond donors (Lipinski definition) is 0. The number of rotatable bonds is 6. The normalized spacial score (nSPS) is 11.8. The summed E-state index contributed by atoms with van der Waals surface area (Å²) in [6.07, 6.45) is 4.92. The molecule has 0 aliphatic heterocycles. The zero-order chi connectivity index (χ0) is 16.7. The Balaban J connectivity index is 3.62. The van der Waals surface area contributed by atoms with E-state index in [2.05, 4.69) is 6.58 Å². The Morgan fingerprint density at radius 3 is 2.41 bits per heavy atom. The summed E-state index contributed by atoms with van der Waals surface area (Å²) in [5, 5.41) is 10.9. The molecule has 22 heavy (non-hydrogen) atoms.